The van der Waals surface area contributed by atoms with Crippen LogP contribution in [0.2, 0.25) is 0 Å². The van der Waals surface area contributed by atoms with E-state index in [9.17, 15) is 8.42 Å². The molecule has 0 fully saturated rings. The van der Waals surface area contributed by atoms with Crippen LogP contribution in [0.3, 0.4) is 0 Å². The lowest BCUT2D eigenvalue weighted by Gasteiger charge is -2.16. The number of aryl methyl sites for hydroxylation is 1. The van der Waals surface area contributed by atoms with Gasteiger partial charge in [-0.3, -0.25) is 0 Å². The lowest BCUT2D eigenvalue weighted by Crippen LogP contribution is -2.18. The molecule has 0 aliphatic rings. The Labute approximate surface area is 192 Å². The number of sulfone groups is 1. The summed E-state index contributed by atoms with van der Waals surface area (Å²) in [4.78, 5) is 4.86. The quantitative estimate of drug-likeness (QED) is 0.386. The van der Waals surface area contributed by atoms with Gasteiger partial charge in [0.05, 0.1) is 10.4 Å². The first kappa shape index (κ1) is 21.1. The van der Waals surface area contributed by atoms with Gasteiger partial charge in [0.2, 0.25) is 14.9 Å². The number of rotatable bonds is 7. The molecule has 33 heavy (non-hydrogen) atoms. The molecule has 166 valence electrons. The predicted molar refractivity (Wildman–Crippen MR) is 128 cm³/mol. The number of anilines is 1. The fraction of sp³-hybridized carbons (Fsp3) is 0.160. The van der Waals surface area contributed by atoms with Gasteiger partial charge in [-0.25, -0.2) is 13.4 Å². The summed E-state index contributed by atoms with van der Waals surface area (Å²) in [6.45, 7) is 2.10. The fourth-order valence-corrected chi connectivity index (χ4v) is 5.13. The largest absolute Gasteiger partial charge is 0.367 e. The second-order valence-electron chi connectivity index (χ2n) is 7.99. The van der Waals surface area contributed by atoms with Crippen molar-refractivity contribution in [3.05, 3.63) is 90.5 Å². The normalized spacial score (nSPS) is 12.8. The summed E-state index contributed by atoms with van der Waals surface area (Å²) in [6.07, 6.45) is 1.83. The first-order valence-corrected chi connectivity index (χ1v) is 12.3. The number of nitrogens with zero attached hydrogens (tertiary/aromatic N) is 4. The van der Waals surface area contributed by atoms with Crippen molar-refractivity contribution in [1.82, 2.24) is 19.8 Å². The minimum Gasteiger partial charge on any atom is -0.367 e. The molecule has 0 amide bonds. The zero-order valence-electron chi connectivity index (χ0n) is 18.1. The summed E-state index contributed by atoms with van der Waals surface area (Å²) < 4.78 is 28.0. The van der Waals surface area contributed by atoms with E-state index in [4.69, 9.17) is 4.98 Å². The van der Waals surface area contributed by atoms with Gasteiger partial charge in [-0.1, -0.05) is 65.9 Å². The third-order valence-electron chi connectivity index (χ3n) is 5.62. The number of hydrogen-bond acceptors (Lipinski definition) is 6. The van der Waals surface area contributed by atoms with Gasteiger partial charge in [0.25, 0.3) is 0 Å². The Morgan fingerprint density at radius 3 is 2.33 bits per heavy atom. The van der Waals surface area contributed by atoms with Gasteiger partial charge in [-0.2, -0.15) is 4.52 Å². The predicted octanol–water partition coefficient (Wildman–Crippen LogP) is 4.54. The van der Waals surface area contributed by atoms with Gasteiger partial charge in [-0.05, 0) is 49.6 Å². The van der Waals surface area contributed by atoms with E-state index in [1.54, 1.807) is 30.3 Å². The molecule has 1 atom stereocenters. The highest BCUT2D eigenvalue weighted by molar-refractivity contribution is 7.91. The summed E-state index contributed by atoms with van der Waals surface area (Å²) in [5, 5.41) is 12.3. The Kier molecular flexibility index (Phi) is 5.51. The third-order valence-corrected chi connectivity index (χ3v) is 7.29. The Morgan fingerprint density at radius 1 is 0.909 bits per heavy atom. The molecule has 0 unspecified atom stereocenters. The van der Waals surface area contributed by atoms with Crippen LogP contribution in [0.15, 0.2) is 94.9 Å². The average Bonchev–Trinajstić information content (AvgIpc) is 3.29. The molecule has 5 rings (SSSR count). The molecule has 0 spiro atoms. The Morgan fingerprint density at radius 2 is 1.58 bits per heavy atom. The molecule has 7 nitrogen and oxygen atoms in total. The highest BCUT2D eigenvalue weighted by atomic mass is 32.2. The Bertz CT molecular complexity index is 1520. The standard InChI is InChI=1S/C25H23N5O2S/c1-18(16-17-19-10-4-2-5-11-19)26-23-21-14-8-9-15-22(21)30-24(27-23)25(28-29-30)33(31,32)20-12-6-3-7-13-20/h2-15,18H,16-17H2,1H3,(H,26,27)/t18-/m1/s1. The Hall–Kier alpha value is -3.78. The van der Waals surface area contributed by atoms with Crippen molar-refractivity contribution in [2.24, 2.45) is 0 Å². The van der Waals surface area contributed by atoms with E-state index < -0.39 is 9.84 Å². The van der Waals surface area contributed by atoms with Crippen molar-refractivity contribution in [2.75, 3.05) is 5.32 Å². The first-order valence-electron chi connectivity index (χ1n) is 10.8. The van der Waals surface area contributed by atoms with Crippen LogP contribution in [0, 0.1) is 0 Å². The van der Waals surface area contributed by atoms with Crippen LogP contribution >= 0.6 is 0 Å². The SMILES string of the molecule is C[C@H](CCc1ccccc1)Nc1nc2c(S(=O)(=O)c3ccccc3)nnn2c2ccccc12. The second-order valence-corrected chi connectivity index (χ2v) is 9.86. The zero-order chi connectivity index (χ0) is 22.8. The van der Waals surface area contributed by atoms with Gasteiger partial charge < -0.3 is 5.32 Å². The molecule has 0 aliphatic heterocycles. The molecule has 5 aromatic rings. The number of para-hydroxylation sites is 1. The van der Waals surface area contributed by atoms with Gasteiger partial charge in [0.15, 0.2) is 5.65 Å². The highest BCUT2D eigenvalue weighted by Crippen LogP contribution is 2.28. The molecular weight excluding hydrogens is 434 g/mol. The maximum atomic E-state index is 13.3. The van der Waals surface area contributed by atoms with E-state index in [1.165, 1.54) is 10.1 Å². The first-order chi connectivity index (χ1) is 16.0. The number of hydrogen-bond donors (Lipinski definition) is 1. The minimum absolute atomic E-state index is 0.119. The summed E-state index contributed by atoms with van der Waals surface area (Å²) in [6, 6.07) is 26.3. The van der Waals surface area contributed by atoms with Crippen molar-refractivity contribution in [1.29, 1.82) is 0 Å². The summed E-state index contributed by atoms with van der Waals surface area (Å²) in [5.41, 5.74) is 2.22. The molecule has 0 saturated heterocycles. The van der Waals surface area contributed by atoms with Crippen molar-refractivity contribution < 1.29 is 8.42 Å². The van der Waals surface area contributed by atoms with E-state index in [2.05, 4.69) is 34.7 Å². The van der Waals surface area contributed by atoms with E-state index in [1.807, 2.05) is 42.5 Å². The number of fused-ring (bicyclic) bond motifs is 3. The molecule has 0 radical (unpaired) electrons. The van der Waals surface area contributed by atoms with Crippen molar-refractivity contribution in [3.8, 4) is 0 Å². The lowest BCUT2D eigenvalue weighted by molar-refractivity contribution is 0.592. The zero-order valence-corrected chi connectivity index (χ0v) is 18.9. The van der Waals surface area contributed by atoms with Gasteiger partial charge in [0.1, 0.15) is 5.82 Å². The van der Waals surface area contributed by atoms with Gasteiger partial charge in [0, 0.05) is 11.4 Å². The third kappa shape index (κ3) is 4.05. The average molecular weight is 458 g/mol. The number of nitrogens with one attached hydrogen (secondary N) is 1. The molecule has 0 bridgehead atoms. The van der Waals surface area contributed by atoms with Crippen molar-refractivity contribution >= 4 is 32.2 Å². The van der Waals surface area contributed by atoms with Crippen LogP contribution in [0.4, 0.5) is 5.82 Å². The number of benzene rings is 3. The van der Waals surface area contributed by atoms with Crippen molar-refractivity contribution in [3.63, 3.8) is 0 Å². The maximum absolute atomic E-state index is 13.3. The van der Waals surface area contributed by atoms with Crippen LogP contribution in [-0.2, 0) is 16.3 Å². The van der Waals surface area contributed by atoms with Crippen LogP contribution in [0.5, 0.6) is 0 Å². The van der Waals surface area contributed by atoms with Crippen molar-refractivity contribution in [2.45, 2.75) is 35.7 Å². The summed E-state index contributed by atoms with van der Waals surface area (Å²) >= 11 is 0. The molecule has 1 N–H and O–H groups in total. The van der Waals surface area contributed by atoms with E-state index in [0.717, 1.165) is 23.7 Å². The van der Waals surface area contributed by atoms with Gasteiger partial charge >= 0.3 is 0 Å². The molecule has 8 heteroatoms. The smallest absolute Gasteiger partial charge is 0.229 e. The monoisotopic (exact) mass is 457 g/mol. The topological polar surface area (TPSA) is 89.2 Å². The summed E-state index contributed by atoms with van der Waals surface area (Å²) in [7, 11) is -3.87. The highest BCUT2D eigenvalue weighted by Gasteiger charge is 2.27. The van der Waals surface area contributed by atoms with E-state index >= 15 is 0 Å². The van der Waals surface area contributed by atoms with Crippen LogP contribution in [0.25, 0.3) is 16.6 Å². The molecule has 0 aliphatic carbocycles. The Balaban J connectivity index is 1.55. The molecule has 0 saturated carbocycles. The van der Waals surface area contributed by atoms with Crippen LogP contribution < -0.4 is 5.32 Å². The molecule has 2 aromatic heterocycles. The maximum Gasteiger partial charge on any atom is 0.229 e. The molecule has 2 heterocycles. The van der Waals surface area contributed by atoms with E-state index in [-0.39, 0.29) is 21.6 Å². The lowest BCUT2D eigenvalue weighted by atomic mass is 10.1. The summed E-state index contributed by atoms with van der Waals surface area (Å²) in [5.74, 6) is 0.616. The molecular formula is C25H23N5O2S. The van der Waals surface area contributed by atoms with Crippen LogP contribution in [-0.4, -0.2) is 34.3 Å². The molecule has 3 aromatic carbocycles. The van der Waals surface area contributed by atoms with Crippen LogP contribution in [0.1, 0.15) is 18.9 Å². The van der Waals surface area contributed by atoms with E-state index in [0.29, 0.717) is 5.82 Å². The number of aromatic nitrogens is 4. The minimum atomic E-state index is -3.87. The second kappa shape index (κ2) is 8.63. The van der Waals surface area contributed by atoms with Gasteiger partial charge in [-0.15, -0.1) is 5.10 Å². The fourth-order valence-electron chi connectivity index (χ4n) is 3.87.